The second-order valence-electron chi connectivity index (χ2n) is 7.06. The van der Waals surface area contributed by atoms with E-state index < -0.39 is 0 Å². The summed E-state index contributed by atoms with van der Waals surface area (Å²) < 4.78 is 0. The molecule has 0 fully saturated rings. The third-order valence-electron chi connectivity index (χ3n) is 3.81. The van der Waals surface area contributed by atoms with Gasteiger partial charge in [0.15, 0.2) is 5.11 Å². The number of aryl methyl sites for hydroxylation is 1. The quantitative estimate of drug-likeness (QED) is 0.561. The summed E-state index contributed by atoms with van der Waals surface area (Å²) in [5.74, 6) is -0.674. The summed E-state index contributed by atoms with van der Waals surface area (Å²) in [5, 5.41) is 2.55. The molecule has 2 aromatic carbocycles. The van der Waals surface area contributed by atoms with Crippen LogP contribution in [0.25, 0.3) is 0 Å². The van der Waals surface area contributed by atoms with Crippen LogP contribution in [0, 0.1) is 6.92 Å². The number of amides is 2. The van der Waals surface area contributed by atoms with Crippen LogP contribution in [0.4, 0.5) is 0 Å². The summed E-state index contributed by atoms with van der Waals surface area (Å²) in [5.41, 5.74) is 8.16. The van der Waals surface area contributed by atoms with Gasteiger partial charge < -0.3 is 0 Å². The van der Waals surface area contributed by atoms with Crippen LogP contribution < -0.4 is 16.2 Å². The van der Waals surface area contributed by atoms with Crippen LogP contribution in [-0.2, 0) is 5.41 Å². The average molecular weight is 369 g/mol. The number of rotatable bonds is 2. The summed E-state index contributed by atoms with van der Waals surface area (Å²) in [6.07, 6.45) is 0. The summed E-state index contributed by atoms with van der Waals surface area (Å²) in [6.45, 7) is 8.23. The van der Waals surface area contributed by atoms with E-state index >= 15 is 0 Å². The Morgan fingerprint density at radius 3 is 2.12 bits per heavy atom. The van der Waals surface area contributed by atoms with E-state index in [1.807, 2.05) is 25.1 Å². The molecule has 0 aliphatic rings. The molecule has 6 heteroatoms. The van der Waals surface area contributed by atoms with Gasteiger partial charge in [-0.25, -0.2) is 0 Å². The Morgan fingerprint density at radius 1 is 0.885 bits per heavy atom. The van der Waals surface area contributed by atoms with Gasteiger partial charge in [0.1, 0.15) is 0 Å². The average Bonchev–Trinajstić information content (AvgIpc) is 2.59. The molecule has 2 amide bonds. The fourth-order valence-corrected chi connectivity index (χ4v) is 2.44. The molecule has 0 aliphatic carbocycles. The van der Waals surface area contributed by atoms with Crippen molar-refractivity contribution >= 4 is 29.1 Å². The Balaban J connectivity index is 1.88. The molecule has 136 valence electrons. The second kappa shape index (κ2) is 8.10. The molecule has 0 radical (unpaired) electrons. The van der Waals surface area contributed by atoms with Gasteiger partial charge in [0, 0.05) is 11.1 Å². The molecule has 0 spiro atoms. The predicted molar refractivity (Wildman–Crippen MR) is 107 cm³/mol. The Kier molecular flexibility index (Phi) is 6.10. The molecule has 0 saturated heterocycles. The highest BCUT2D eigenvalue weighted by Gasteiger charge is 2.14. The number of thiocarbonyl (C=S) groups is 1. The molecule has 0 bridgehead atoms. The molecule has 5 nitrogen and oxygen atoms in total. The van der Waals surface area contributed by atoms with Gasteiger partial charge in [0.05, 0.1) is 0 Å². The van der Waals surface area contributed by atoms with Gasteiger partial charge in [-0.05, 0) is 54.4 Å². The van der Waals surface area contributed by atoms with Crippen LogP contribution >= 0.6 is 12.2 Å². The highest BCUT2D eigenvalue weighted by atomic mass is 32.1. The van der Waals surface area contributed by atoms with E-state index in [9.17, 15) is 9.59 Å². The lowest BCUT2D eigenvalue weighted by Crippen LogP contribution is -2.48. The number of benzene rings is 2. The highest BCUT2D eigenvalue weighted by Crippen LogP contribution is 2.22. The Hall–Kier alpha value is -2.73. The maximum Gasteiger partial charge on any atom is 0.269 e. The maximum atomic E-state index is 12.2. The first-order chi connectivity index (χ1) is 12.2. The number of carbonyl (C=O) groups excluding carboxylic acids is 2. The van der Waals surface area contributed by atoms with Crippen molar-refractivity contribution in [3.05, 3.63) is 70.8 Å². The van der Waals surface area contributed by atoms with Gasteiger partial charge >= 0.3 is 0 Å². The number of hydrazine groups is 1. The molecule has 0 saturated carbocycles. The lowest BCUT2D eigenvalue weighted by molar-refractivity contribution is 0.0934. The van der Waals surface area contributed by atoms with E-state index in [1.165, 1.54) is 0 Å². The number of carbonyl (C=O) groups is 2. The van der Waals surface area contributed by atoms with E-state index in [1.54, 1.807) is 30.3 Å². The van der Waals surface area contributed by atoms with Crippen molar-refractivity contribution in [1.82, 2.24) is 16.2 Å². The van der Waals surface area contributed by atoms with Crippen molar-refractivity contribution in [2.45, 2.75) is 33.1 Å². The smallest absolute Gasteiger partial charge is 0.269 e. The monoisotopic (exact) mass is 369 g/mol. The van der Waals surface area contributed by atoms with Crippen molar-refractivity contribution in [1.29, 1.82) is 0 Å². The zero-order valence-corrected chi connectivity index (χ0v) is 16.2. The van der Waals surface area contributed by atoms with E-state index in [0.29, 0.717) is 11.1 Å². The molecule has 0 heterocycles. The molecule has 2 aromatic rings. The van der Waals surface area contributed by atoms with E-state index in [4.69, 9.17) is 12.2 Å². The van der Waals surface area contributed by atoms with Gasteiger partial charge in [-0.1, -0.05) is 50.6 Å². The van der Waals surface area contributed by atoms with Crippen molar-refractivity contribution in [2.75, 3.05) is 0 Å². The first kappa shape index (κ1) is 19.6. The van der Waals surface area contributed by atoms with Crippen LogP contribution in [0.5, 0.6) is 0 Å². The van der Waals surface area contributed by atoms with Crippen LogP contribution in [0.3, 0.4) is 0 Å². The minimum absolute atomic E-state index is 0.0227. The summed E-state index contributed by atoms with van der Waals surface area (Å²) in [6, 6.07) is 14.5. The zero-order valence-electron chi connectivity index (χ0n) is 15.3. The van der Waals surface area contributed by atoms with E-state index in [-0.39, 0.29) is 22.3 Å². The zero-order chi connectivity index (χ0) is 19.3. The molecule has 0 aliphatic heterocycles. The minimum atomic E-state index is -0.338. The number of hydrogen-bond donors (Lipinski definition) is 3. The van der Waals surface area contributed by atoms with Gasteiger partial charge in [-0.2, -0.15) is 0 Å². The van der Waals surface area contributed by atoms with Crippen LogP contribution in [0.2, 0.25) is 0 Å². The van der Waals surface area contributed by atoms with E-state index in [0.717, 1.165) is 11.1 Å². The Morgan fingerprint density at radius 2 is 1.54 bits per heavy atom. The van der Waals surface area contributed by atoms with Crippen molar-refractivity contribution in [3.8, 4) is 0 Å². The molecule has 0 unspecified atom stereocenters. The summed E-state index contributed by atoms with van der Waals surface area (Å²) in [4.78, 5) is 24.3. The summed E-state index contributed by atoms with van der Waals surface area (Å²) in [7, 11) is 0. The Labute approximate surface area is 159 Å². The summed E-state index contributed by atoms with van der Waals surface area (Å²) >= 11 is 5.04. The number of nitrogens with one attached hydrogen (secondary N) is 3. The lowest BCUT2D eigenvalue weighted by Gasteiger charge is -2.19. The van der Waals surface area contributed by atoms with Crippen molar-refractivity contribution in [3.63, 3.8) is 0 Å². The topological polar surface area (TPSA) is 70.2 Å². The Bertz CT molecular complexity index is 824. The highest BCUT2D eigenvalue weighted by molar-refractivity contribution is 7.80. The van der Waals surface area contributed by atoms with Gasteiger partial charge in [0.25, 0.3) is 11.8 Å². The van der Waals surface area contributed by atoms with Gasteiger partial charge in [-0.3, -0.25) is 25.8 Å². The molecular weight excluding hydrogens is 346 g/mol. The third kappa shape index (κ3) is 5.39. The van der Waals surface area contributed by atoms with Crippen LogP contribution in [-0.4, -0.2) is 16.9 Å². The first-order valence-corrected chi connectivity index (χ1v) is 8.66. The predicted octanol–water partition coefficient (Wildman–Crippen LogP) is 3.24. The first-order valence-electron chi connectivity index (χ1n) is 8.26. The molecular formula is C20H23N3O2S. The molecule has 0 atom stereocenters. The fraction of sp³-hybridized carbons (Fsp3) is 0.250. The number of hydrogen-bond acceptors (Lipinski definition) is 3. The minimum Gasteiger partial charge on any atom is -0.298 e. The lowest BCUT2D eigenvalue weighted by atomic mass is 9.87. The fourth-order valence-electron chi connectivity index (χ4n) is 2.30. The molecule has 3 N–H and O–H groups in total. The van der Waals surface area contributed by atoms with Gasteiger partial charge in [-0.15, -0.1) is 0 Å². The van der Waals surface area contributed by atoms with Crippen molar-refractivity contribution < 1.29 is 9.59 Å². The largest absolute Gasteiger partial charge is 0.298 e. The molecule has 0 aromatic heterocycles. The van der Waals surface area contributed by atoms with Crippen molar-refractivity contribution in [2.24, 2.45) is 0 Å². The van der Waals surface area contributed by atoms with Crippen LogP contribution in [0.1, 0.15) is 52.6 Å². The van der Waals surface area contributed by atoms with Crippen LogP contribution in [0.15, 0.2) is 48.5 Å². The maximum absolute atomic E-state index is 12.2. The normalized spacial score (nSPS) is 10.8. The molecule has 26 heavy (non-hydrogen) atoms. The van der Waals surface area contributed by atoms with Gasteiger partial charge in [0.2, 0.25) is 0 Å². The molecule has 2 rings (SSSR count). The SMILES string of the molecule is Cc1cccc(C(=O)NC(=S)NNC(=O)c2ccc(C(C)(C)C)cc2)c1. The van der Waals surface area contributed by atoms with E-state index in [2.05, 4.69) is 36.9 Å². The third-order valence-corrected chi connectivity index (χ3v) is 4.01. The second-order valence-corrected chi connectivity index (χ2v) is 7.47. The standard InChI is InChI=1S/C20H23N3O2S/c1-13-6-5-7-15(12-13)17(24)21-19(26)23-22-18(25)14-8-10-16(11-9-14)20(2,3)4/h5-12H,1-4H3,(H,22,25)(H2,21,23,24,26).